The van der Waals surface area contributed by atoms with E-state index in [0.717, 1.165) is 13.0 Å². The van der Waals surface area contributed by atoms with Crippen molar-refractivity contribution in [1.29, 1.82) is 0 Å². The summed E-state index contributed by atoms with van der Waals surface area (Å²) in [5.41, 5.74) is -0.128. The van der Waals surface area contributed by atoms with E-state index >= 15 is 0 Å². The summed E-state index contributed by atoms with van der Waals surface area (Å²) >= 11 is 5.69. The Morgan fingerprint density at radius 3 is 2.76 bits per heavy atom. The number of hydrogen-bond donors (Lipinski definition) is 0. The minimum absolute atomic E-state index is 0.121. The minimum Gasteiger partial charge on any atom is -0.493 e. The van der Waals surface area contributed by atoms with E-state index in [1.165, 1.54) is 12.1 Å². The number of hydrogen-bond acceptors (Lipinski definition) is 4. The molecule has 0 aliphatic carbocycles. The summed E-state index contributed by atoms with van der Waals surface area (Å²) in [5, 5.41) is 10.8. The van der Waals surface area contributed by atoms with Crippen molar-refractivity contribution < 1.29 is 9.66 Å². The van der Waals surface area contributed by atoms with Gasteiger partial charge in [-0.05, 0) is 32.6 Å². The van der Waals surface area contributed by atoms with Gasteiger partial charge in [-0.1, -0.05) is 11.6 Å². The smallest absolute Gasteiger partial charge is 0.291 e. The van der Waals surface area contributed by atoms with Crippen molar-refractivity contribution in [3.8, 4) is 5.75 Å². The number of rotatable bonds is 6. The molecule has 0 spiro atoms. The number of nitro benzene ring substituents is 1. The summed E-state index contributed by atoms with van der Waals surface area (Å²) < 4.78 is 5.41. The van der Waals surface area contributed by atoms with Gasteiger partial charge >= 0.3 is 0 Å². The first-order valence-corrected chi connectivity index (χ1v) is 5.60. The van der Waals surface area contributed by atoms with Crippen molar-refractivity contribution in [3.63, 3.8) is 0 Å². The number of halogens is 1. The molecular weight excluding hydrogens is 244 g/mol. The van der Waals surface area contributed by atoms with Crippen molar-refractivity contribution in [2.24, 2.45) is 0 Å². The van der Waals surface area contributed by atoms with E-state index in [4.69, 9.17) is 16.3 Å². The number of nitro groups is 1. The van der Waals surface area contributed by atoms with Crippen LogP contribution in [0.1, 0.15) is 6.42 Å². The first-order valence-electron chi connectivity index (χ1n) is 5.22. The maximum absolute atomic E-state index is 10.7. The third-order valence-electron chi connectivity index (χ3n) is 2.13. The summed E-state index contributed by atoms with van der Waals surface area (Å²) in [4.78, 5) is 12.2. The molecule has 0 unspecified atom stereocenters. The van der Waals surface area contributed by atoms with E-state index in [9.17, 15) is 10.1 Å². The van der Waals surface area contributed by atoms with Crippen LogP contribution in [0.5, 0.6) is 5.75 Å². The van der Waals surface area contributed by atoms with Crippen molar-refractivity contribution in [2.45, 2.75) is 6.42 Å². The molecule has 1 aromatic carbocycles. The van der Waals surface area contributed by atoms with Crippen LogP contribution in [-0.4, -0.2) is 37.1 Å². The van der Waals surface area contributed by atoms with Crippen LogP contribution in [-0.2, 0) is 0 Å². The molecule has 0 aromatic heterocycles. The monoisotopic (exact) mass is 258 g/mol. The summed E-state index contributed by atoms with van der Waals surface area (Å²) in [5.74, 6) is 0.472. The summed E-state index contributed by atoms with van der Waals surface area (Å²) in [6, 6.07) is 4.45. The average Bonchev–Trinajstić information content (AvgIpc) is 2.25. The molecule has 0 fully saturated rings. The van der Waals surface area contributed by atoms with E-state index in [1.54, 1.807) is 6.07 Å². The number of ether oxygens (including phenoxy) is 1. The molecule has 6 heteroatoms. The molecule has 1 rings (SSSR count). The maximum atomic E-state index is 10.7. The highest BCUT2D eigenvalue weighted by molar-refractivity contribution is 6.32. The van der Waals surface area contributed by atoms with Crippen molar-refractivity contribution in [2.75, 3.05) is 27.2 Å². The summed E-state index contributed by atoms with van der Waals surface area (Å²) in [7, 11) is 3.96. The van der Waals surface area contributed by atoms with Gasteiger partial charge in [-0.25, -0.2) is 0 Å². The Balaban J connectivity index is 2.54. The molecule has 0 aliphatic heterocycles. The van der Waals surface area contributed by atoms with Gasteiger partial charge in [0.1, 0.15) is 10.8 Å². The summed E-state index contributed by atoms with van der Waals surface area (Å²) in [6.07, 6.45) is 0.865. The molecule has 1 aromatic rings. The van der Waals surface area contributed by atoms with Gasteiger partial charge in [0.05, 0.1) is 17.6 Å². The first-order chi connectivity index (χ1) is 8.00. The molecule has 0 saturated carbocycles. The SMILES string of the molecule is CN(C)CCCOc1ccc(Cl)c([N+](=O)[O-])c1. The van der Waals surface area contributed by atoms with Crippen molar-refractivity contribution in [3.05, 3.63) is 33.3 Å². The van der Waals surface area contributed by atoms with E-state index in [0.29, 0.717) is 12.4 Å². The van der Waals surface area contributed by atoms with Crippen LogP contribution in [0, 0.1) is 10.1 Å². The Bertz CT molecular complexity index is 396. The van der Waals surface area contributed by atoms with E-state index < -0.39 is 4.92 Å². The third kappa shape index (κ3) is 4.58. The van der Waals surface area contributed by atoms with Gasteiger partial charge < -0.3 is 9.64 Å². The van der Waals surface area contributed by atoms with Gasteiger partial charge in [-0.15, -0.1) is 0 Å². The fourth-order valence-electron chi connectivity index (χ4n) is 1.29. The number of benzene rings is 1. The standard InChI is InChI=1S/C11H15ClN2O3/c1-13(2)6-3-7-17-9-4-5-10(12)11(8-9)14(15)16/h4-5,8H,3,6-7H2,1-2H3. The maximum Gasteiger partial charge on any atom is 0.291 e. The highest BCUT2D eigenvalue weighted by Crippen LogP contribution is 2.28. The molecule has 0 N–H and O–H groups in total. The van der Waals surface area contributed by atoms with Crippen LogP contribution in [0.25, 0.3) is 0 Å². The van der Waals surface area contributed by atoms with Gasteiger partial charge in [0, 0.05) is 6.54 Å². The Morgan fingerprint density at radius 2 is 2.18 bits per heavy atom. The quantitative estimate of drug-likeness (QED) is 0.447. The van der Waals surface area contributed by atoms with E-state index in [-0.39, 0.29) is 10.7 Å². The highest BCUT2D eigenvalue weighted by Gasteiger charge is 2.13. The zero-order valence-corrected chi connectivity index (χ0v) is 10.6. The van der Waals surface area contributed by atoms with E-state index in [1.807, 2.05) is 19.0 Å². The van der Waals surface area contributed by atoms with Gasteiger partial charge in [0.2, 0.25) is 0 Å². The van der Waals surface area contributed by atoms with Gasteiger partial charge in [-0.2, -0.15) is 0 Å². The van der Waals surface area contributed by atoms with Gasteiger partial charge in [-0.3, -0.25) is 10.1 Å². The Morgan fingerprint density at radius 1 is 1.47 bits per heavy atom. The Kier molecular flexibility index (Phi) is 5.18. The zero-order chi connectivity index (χ0) is 12.8. The zero-order valence-electron chi connectivity index (χ0n) is 9.85. The fourth-order valence-corrected chi connectivity index (χ4v) is 1.48. The molecular formula is C11H15ClN2O3. The molecule has 0 radical (unpaired) electrons. The predicted octanol–water partition coefficient (Wildman–Crippen LogP) is 2.58. The van der Waals surface area contributed by atoms with Crippen LogP contribution < -0.4 is 4.74 Å². The second kappa shape index (κ2) is 6.42. The highest BCUT2D eigenvalue weighted by atomic mass is 35.5. The van der Waals surface area contributed by atoms with Gasteiger partial charge in [0.25, 0.3) is 5.69 Å². The molecule has 17 heavy (non-hydrogen) atoms. The van der Waals surface area contributed by atoms with Crippen molar-refractivity contribution >= 4 is 17.3 Å². The van der Waals surface area contributed by atoms with Crippen molar-refractivity contribution in [1.82, 2.24) is 4.90 Å². The lowest BCUT2D eigenvalue weighted by Crippen LogP contribution is -2.15. The second-order valence-electron chi connectivity index (χ2n) is 3.88. The van der Waals surface area contributed by atoms with Gasteiger partial charge in [0.15, 0.2) is 0 Å². The van der Waals surface area contributed by atoms with Crippen LogP contribution in [0.2, 0.25) is 5.02 Å². The third-order valence-corrected chi connectivity index (χ3v) is 2.45. The predicted molar refractivity (Wildman–Crippen MR) is 66.8 cm³/mol. The molecule has 0 atom stereocenters. The van der Waals surface area contributed by atoms with Crippen LogP contribution in [0.3, 0.4) is 0 Å². The molecule has 5 nitrogen and oxygen atoms in total. The van der Waals surface area contributed by atoms with Crippen LogP contribution in [0.4, 0.5) is 5.69 Å². The topological polar surface area (TPSA) is 55.6 Å². The minimum atomic E-state index is -0.519. The Hall–Kier alpha value is -1.33. The van der Waals surface area contributed by atoms with E-state index in [2.05, 4.69) is 0 Å². The van der Waals surface area contributed by atoms with Crippen LogP contribution in [0.15, 0.2) is 18.2 Å². The largest absolute Gasteiger partial charge is 0.493 e. The number of nitrogens with zero attached hydrogens (tertiary/aromatic N) is 2. The lowest BCUT2D eigenvalue weighted by Gasteiger charge is -2.10. The lowest BCUT2D eigenvalue weighted by molar-refractivity contribution is -0.384. The molecule has 0 amide bonds. The fraction of sp³-hybridized carbons (Fsp3) is 0.455. The Labute approximate surface area is 105 Å². The first kappa shape index (κ1) is 13.7. The molecule has 0 aliphatic rings. The molecule has 0 bridgehead atoms. The average molecular weight is 259 g/mol. The molecule has 0 heterocycles. The molecule has 94 valence electrons. The molecule has 0 saturated heterocycles. The normalized spacial score (nSPS) is 10.6. The van der Waals surface area contributed by atoms with Crippen LogP contribution >= 0.6 is 11.6 Å². The summed E-state index contributed by atoms with van der Waals surface area (Å²) in [6.45, 7) is 1.44. The second-order valence-corrected chi connectivity index (χ2v) is 4.28. The lowest BCUT2D eigenvalue weighted by atomic mass is 10.3.